The zero-order valence-electron chi connectivity index (χ0n) is 12.5. The van der Waals surface area contributed by atoms with E-state index in [9.17, 15) is 14.0 Å². The molecule has 0 saturated carbocycles. The molecule has 1 heterocycles. The van der Waals surface area contributed by atoms with Crippen LogP contribution in [0.1, 0.15) is 24.3 Å². The Bertz CT molecular complexity index is 694. The average molecular weight is 317 g/mol. The summed E-state index contributed by atoms with van der Waals surface area (Å²) < 4.78 is 22.9. The number of hydrogen-bond acceptors (Lipinski definition) is 4. The molecule has 0 bridgehead atoms. The molecule has 0 aliphatic heterocycles. The molecule has 0 unspecified atom stereocenters. The van der Waals surface area contributed by atoms with Gasteiger partial charge in [0.15, 0.2) is 6.61 Å². The Morgan fingerprint density at radius 2 is 2.17 bits per heavy atom. The van der Waals surface area contributed by atoms with Crippen molar-refractivity contribution >= 4 is 18.0 Å². The summed E-state index contributed by atoms with van der Waals surface area (Å²) >= 11 is 0. The van der Waals surface area contributed by atoms with E-state index in [1.807, 2.05) is 0 Å². The standard InChI is InChI=1S/C17H16FNO4/c1-12(15-6-3-9-22-15)19-16(20)11-23-17(21)8-7-13-4-2-5-14(18)10-13/h2-10,12H,11H2,1H3,(H,19,20)/b8-7+/t12-/m1/s1. The number of carbonyl (C=O) groups is 2. The Hall–Kier alpha value is -2.89. The SMILES string of the molecule is C[C@@H](NC(=O)COC(=O)/C=C/c1cccc(F)c1)c1ccco1. The van der Waals surface area contributed by atoms with Crippen LogP contribution >= 0.6 is 0 Å². The maximum absolute atomic E-state index is 13.0. The number of furan rings is 1. The summed E-state index contributed by atoms with van der Waals surface area (Å²) in [6.45, 7) is 1.35. The first kappa shape index (κ1) is 16.5. The Kier molecular flexibility index (Phi) is 5.68. The van der Waals surface area contributed by atoms with Gasteiger partial charge in [0.05, 0.1) is 12.3 Å². The van der Waals surface area contributed by atoms with Gasteiger partial charge in [-0.3, -0.25) is 4.79 Å². The molecule has 2 rings (SSSR count). The summed E-state index contributed by atoms with van der Waals surface area (Å²) in [4.78, 5) is 23.2. The number of amides is 1. The molecule has 0 aliphatic rings. The smallest absolute Gasteiger partial charge is 0.331 e. The summed E-state index contributed by atoms with van der Waals surface area (Å²) in [6.07, 6.45) is 4.06. The van der Waals surface area contributed by atoms with Gasteiger partial charge in [-0.2, -0.15) is 0 Å². The van der Waals surface area contributed by atoms with E-state index in [-0.39, 0.29) is 6.04 Å². The quantitative estimate of drug-likeness (QED) is 0.657. The largest absolute Gasteiger partial charge is 0.467 e. The van der Waals surface area contributed by atoms with Crippen molar-refractivity contribution in [1.82, 2.24) is 5.32 Å². The highest BCUT2D eigenvalue weighted by molar-refractivity contribution is 5.89. The first-order valence-electron chi connectivity index (χ1n) is 6.98. The molecule has 0 radical (unpaired) electrons. The highest BCUT2D eigenvalue weighted by Crippen LogP contribution is 2.11. The van der Waals surface area contributed by atoms with Crippen molar-refractivity contribution in [3.63, 3.8) is 0 Å². The molecule has 0 spiro atoms. The second-order valence-corrected chi connectivity index (χ2v) is 4.80. The maximum atomic E-state index is 13.0. The van der Waals surface area contributed by atoms with E-state index < -0.39 is 24.3 Å². The summed E-state index contributed by atoms with van der Waals surface area (Å²) in [7, 11) is 0. The summed E-state index contributed by atoms with van der Waals surface area (Å²) in [5.74, 6) is -0.918. The van der Waals surface area contributed by atoms with Crippen molar-refractivity contribution in [1.29, 1.82) is 0 Å². The van der Waals surface area contributed by atoms with Crippen LogP contribution in [-0.2, 0) is 14.3 Å². The molecular formula is C17H16FNO4. The molecule has 1 aromatic carbocycles. The third-order valence-electron chi connectivity index (χ3n) is 2.95. The third kappa shape index (κ3) is 5.43. The van der Waals surface area contributed by atoms with Crippen LogP contribution in [0.25, 0.3) is 6.08 Å². The van der Waals surface area contributed by atoms with Crippen LogP contribution in [0.2, 0.25) is 0 Å². The van der Waals surface area contributed by atoms with Crippen molar-refractivity contribution in [2.45, 2.75) is 13.0 Å². The van der Waals surface area contributed by atoms with Gasteiger partial charge < -0.3 is 14.5 Å². The zero-order chi connectivity index (χ0) is 16.7. The molecule has 6 heteroatoms. The minimum atomic E-state index is -0.685. The number of esters is 1. The van der Waals surface area contributed by atoms with Crippen LogP contribution in [0.5, 0.6) is 0 Å². The Morgan fingerprint density at radius 1 is 1.35 bits per heavy atom. The monoisotopic (exact) mass is 317 g/mol. The number of rotatable bonds is 6. The van der Waals surface area contributed by atoms with E-state index in [2.05, 4.69) is 5.32 Å². The van der Waals surface area contributed by atoms with Crippen molar-refractivity contribution in [2.24, 2.45) is 0 Å². The van der Waals surface area contributed by atoms with Crippen molar-refractivity contribution in [3.05, 3.63) is 65.9 Å². The molecule has 0 aliphatic carbocycles. The summed E-state index contributed by atoms with van der Waals surface area (Å²) in [5.41, 5.74) is 0.526. The normalized spacial score (nSPS) is 12.1. The van der Waals surface area contributed by atoms with Gasteiger partial charge in [-0.15, -0.1) is 0 Å². The molecule has 1 aromatic heterocycles. The van der Waals surface area contributed by atoms with Gasteiger partial charge in [0.25, 0.3) is 5.91 Å². The second kappa shape index (κ2) is 7.93. The summed E-state index contributed by atoms with van der Waals surface area (Å²) in [6, 6.07) is 8.89. The van der Waals surface area contributed by atoms with Crippen LogP contribution < -0.4 is 5.32 Å². The minimum Gasteiger partial charge on any atom is -0.467 e. The lowest BCUT2D eigenvalue weighted by Crippen LogP contribution is -2.30. The molecule has 2 aromatic rings. The lowest BCUT2D eigenvalue weighted by atomic mass is 10.2. The average Bonchev–Trinajstić information content (AvgIpc) is 3.05. The van der Waals surface area contributed by atoms with Gasteiger partial charge in [0.1, 0.15) is 11.6 Å². The number of nitrogens with one attached hydrogen (secondary N) is 1. The van der Waals surface area contributed by atoms with Gasteiger partial charge in [-0.05, 0) is 42.8 Å². The highest BCUT2D eigenvalue weighted by atomic mass is 19.1. The van der Waals surface area contributed by atoms with Gasteiger partial charge in [0, 0.05) is 6.08 Å². The molecule has 1 amide bonds. The molecule has 1 N–H and O–H groups in total. The molecule has 5 nitrogen and oxygen atoms in total. The zero-order valence-corrected chi connectivity index (χ0v) is 12.5. The number of carbonyl (C=O) groups excluding carboxylic acids is 2. The fraction of sp³-hybridized carbons (Fsp3) is 0.176. The van der Waals surface area contributed by atoms with E-state index in [1.54, 1.807) is 25.1 Å². The van der Waals surface area contributed by atoms with E-state index in [0.717, 1.165) is 6.08 Å². The van der Waals surface area contributed by atoms with Crippen molar-refractivity contribution in [2.75, 3.05) is 6.61 Å². The Balaban J connectivity index is 1.76. The maximum Gasteiger partial charge on any atom is 0.331 e. The van der Waals surface area contributed by atoms with E-state index in [1.165, 1.54) is 30.5 Å². The third-order valence-corrected chi connectivity index (χ3v) is 2.95. The van der Waals surface area contributed by atoms with E-state index in [4.69, 9.17) is 9.15 Å². The molecule has 1 atom stereocenters. The van der Waals surface area contributed by atoms with Gasteiger partial charge in [-0.1, -0.05) is 12.1 Å². The predicted octanol–water partition coefficient (Wildman–Crippen LogP) is 2.85. The van der Waals surface area contributed by atoms with Gasteiger partial charge in [-0.25, -0.2) is 9.18 Å². The molecule has 120 valence electrons. The highest BCUT2D eigenvalue weighted by Gasteiger charge is 2.12. The van der Waals surface area contributed by atoms with E-state index >= 15 is 0 Å². The van der Waals surface area contributed by atoms with Crippen LogP contribution in [0.15, 0.2) is 53.2 Å². The second-order valence-electron chi connectivity index (χ2n) is 4.80. The molecule has 0 saturated heterocycles. The van der Waals surface area contributed by atoms with Gasteiger partial charge >= 0.3 is 5.97 Å². The van der Waals surface area contributed by atoms with Crippen LogP contribution in [0.4, 0.5) is 4.39 Å². The van der Waals surface area contributed by atoms with Crippen molar-refractivity contribution < 1.29 is 23.1 Å². The number of hydrogen-bond donors (Lipinski definition) is 1. The minimum absolute atomic E-state index is 0.320. The van der Waals surface area contributed by atoms with Crippen molar-refractivity contribution in [3.8, 4) is 0 Å². The van der Waals surface area contributed by atoms with Crippen LogP contribution in [0, 0.1) is 5.82 Å². The fourth-order valence-corrected chi connectivity index (χ4v) is 1.85. The lowest BCUT2D eigenvalue weighted by molar-refractivity contribution is -0.144. The van der Waals surface area contributed by atoms with Crippen LogP contribution in [-0.4, -0.2) is 18.5 Å². The number of ether oxygens (including phenoxy) is 1. The fourth-order valence-electron chi connectivity index (χ4n) is 1.85. The molecular weight excluding hydrogens is 301 g/mol. The lowest BCUT2D eigenvalue weighted by Gasteiger charge is -2.11. The first-order chi connectivity index (χ1) is 11.0. The topological polar surface area (TPSA) is 68.5 Å². The Labute approximate surface area is 132 Å². The number of benzene rings is 1. The predicted molar refractivity (Wildman–Crippen MR) is 81.7 cm³/mol. The summed E-state index contributed by atoms with van der Waals surface area (Å²) in [5, 5.41) is 2.64. The molecule has 23 heavy (non-hydrogen) atoms. The molecule has 0 fully saturated rings. The number of halogens is 1. The first-order valence-corrected chi connectivity index (χ1v) is 6.98. The van der Waals surface area contributed by atoms with Gasteiger partial charge in [0.2, 0.25) is 0 Å². The van der Waals surface area contributed by atoms with Crippen LogP contribution in [0.3, 0.4) is 0 Å². The Morgan fingerprint density at radius 3 is 2.87 bits per heavy atom. The van der Waals surface area contributed by atoms with E-state index in [0.29, 0.717) is 11.3 Å².